The molecule has 30 heavy (non-hydrogen) atoms. The van der Waals surface area contributed by atoms with Crippen molar-refractivity contribution in [1.82, 2.24) is 10.6 Å². The van der Waals surface area contributed by atoms with Gasteiger partial charge in [0.05, 0.1) is 17.4 Å². The quantitative estimate of drug-likeness (QED) is 0.645. The summed E-state index contributed by atoms with van der Waals surface area (Å²) in [6.07, 6.45) is -4.20. The number of carbonyl (C=O) groups excluding carboxylic acids is 3. The Bertz CT molecular complexity index is 977. The zero-order valence-corrected chi connectivity index (χ0v) is 16.3. The Balaban J connectivity index is 1.69. The minimum absolute atomic E-state index is 0.00144. The van der Waals surface area contributed by atoms with Gasteiger partial charge in [-0.3, -0.25) is 19.7 Å². The van der Waals surface area contributed by atoms with E-state index in [1.54, 1.807) is 12.1 Å². The third-order valence-corrected chi connectivity index (χ3v) is 5.49. The number of thioether (sulfide) groups is 1. The maximum absolute atomic E-state index is 12.6. The number of benzene rings is 2. The molecular formula is C20H17F3N2O4S. The van der Waals surface area contributed by atoms with E-state index in [4.69, 9.17) is 0 Å². The lowest BCUT2D eigenvalue weighted by Crippen LogP contribution is -2.26. The van der Waals surface area contributed by atoms with Crippen LogP contribution in [0.5, 0.6) is 0 Å². The molecule has 0 spiro atoms. The normalized spacial score (nSPS) is 16.5. The highest BCUT2D eigenvalue weighted by molar-refractivity contribution is 8.15. The number of aliphatic hydroxyl groups is 1. The summed E-state index contributed by atoms with van der Waals surface area (Å²) >= 11 is 0.873. The van der Waals surface area contributed by atoms with Gasteiger partial charge in [0.25, 0.3) is 11.1 Å². The molecule has 3 rings (SSSR count). The van der Waals surface area contributed by atoms with Crippen LogP contribution in [0.4, 0.5) is 18.0 Å². The molecule has 1 saturated heterocycles. The van der Waals surface area contributed by atoms with Crippen LogP contribution in [0.15, 0.2) is 42.5 Å². The average molecular weight is 438 g/mol. The van der Waals surface area contributed by atoms with Crippen LogP contribution in [0, 0.1) is 0 Å². The molecule has 1 fully saturated rings. The minimum atomic E-state index is -4.43. The Morgan fingerprint density at radius 1 is 1.10 bits per heavy atom. The number of rotatable bonds is 6. The van der Waals surface area contributed by atoms with Crippen LogP contribution < -0.4 is 10.6 Å². The molecule has 3 amide bonds. The topological polar surface area (TPSA) is 95.5 Å². The number of imide groups is 1. The van der Waals surface area contributed by atoms with Crippen LogP contribution in [-0.4, -0.2) is 27.4 Å². The third kappa shape index (κ3) is 5.19. The lowest BCUT2D eigenvalue weighted by atomic mass is 10.0. The van der Waals surface area contributed by atoms with E-state index < -0.39 is 34.0 Å². The molecule has 1 unspecified atom stereocenters. The zero-order valence-electron chi connectivity index (χ0n) is 15.5. The average Bonchev–Trinajstić information content (AvgIpc) is 3.02. The highest BCUT2D eigenvalue weighted by Crippen LogP contribution is 2.29. The Hall–Kier alpha value is -2.85. The Labute approximate surface area is 173 Å². The fourth-order valence-corrected chi connectivity index (χ4v) is 3.79. The number of halogens is 3. The molecule has 3 N–H and O–H groups in total. The molecule has 0 aliphatic carbocycles. The van der Waals surface area contributed by atoms with Crippen molar-refractivity contribution in [3.05, 3.63) is 70.3 Å². The maximum Gasteiger partial charge on any atom is 0.416 e. The summed E-state index contributed by atoms with van der Waals surface area (Å²) in [6, 6.07) is 9.18. The Morgan fingerprint density at radius 3 is 2.33 bits per heavy atom. The first-order valence-electron chi connectivity index (χ1n) is 8.86. The van der Waals surface area contributed by atoms with Gasteiger partial charge in [-0.25, -0.2) is 0 Å². The van der Waals surface area contributed by atoms with E-state index in [-0.39, 0.29) is 25.1 Å². The van der Waals surface area contributed by atoms with Gasteiger partial charge >= 0.3 is 6.18 Å². The SMILES string of the molecule is O=C1NC(=O)C(Cc2ccc(CO)c(C(=O)NCc3ccc(C(F)(F)F)cc3)c2)S1. The van der Waals surface area contributed by atoms with E-state index in [9.17, 15) is 32.7 Å². The second-order valence-electron chi connectivity index (χ2n) is 6.61. The predicted octanol–water partition coefficient (Wildman–Crippen LogP) is 3.02. The van der Waals surface area contributed by atoms with Gasteiger partial charge in [0.2, 0.25) is 5.91 Å². The zero-order chi connectivity index (χ0) is 21.9. The lowest BCUT2D eigenvalue weighted by Gasteiger charge is -2.13. The van der Waals surface area contributed by atoms with Crippen molar-refractivity contribution < 1.29 is 32.7 Å². The van der Waals surface area contributed by atoms with Gasteiger partial charge in [-0.05, 0) is 41.3 Å². The summed E-state index contributed by atoms with van der Waals surface area (Å²) < 4.78 is 37.9. The summed E-state index contributed by atoms with van der Waals surface area (Å²) in [5.41, 5.74) is 0.893. The number of hydrogen-bond donors (Lipinski definition) is 3. The van der Waals surface area contributed by atoms with Crippen LogP contribution in [0.3, 0.4) is 0 Å². The second-order valence-corrected chi connectivity index (χ2v) is 7.79. The van der Waals surface area contributed by atoms with Crippen molar-refractivity contribution in [1.29, 1.82) is 0 Å². The first-order chi connectivity index (χ1) is 14.2. The standard InChI is InChI=1S/C20H17F3N2O4S/c21-20(22,23)14-5-2-11(3-6-14)9-24-17(27)15-7-12(1-4-13(15)10-26)8-16-18(28)25-19(29)30-16/h1-7,16,26H,8-10H2,(H,24,27)(H,25,28,29). The fraction of sp³-hybridized carbons (Fsp3) is 0.250. The number of aliphatic hydroxyl groups excluding tert-OH is 1. The maximum atomic E-state index is 12.6. The van der Waals surface area contributed by atoms with E-state index >= 15 is 0 Å². The molecule has 0 radical (unpaired) electrons. The van der Waals surface area contributed by atoms with Gasteiger partial charge in [0.15, 0.2) is 0 Å². The monoisotopic (exact) mass is 438 g/mol. The van der Waals surface area contributed by atoms with Gasteiger partial charge in [-0.1, -0.05) is 36.0 Å². The van der Waals surface area contributed by atoms with Crippen molar-refractivity contribution in [3.63, 3.8) is 0 Å². The molecular weight excluding hydrogens is 421 g/mol. The Morgan fingerprint density at radius 2 is 1.77 bits per heavy atom. The predicted molar refractivity (Wildman–Crippen MR) is 104 cm³/mol. The molecule has 6 nitrogen and oxygen atoms in total. The van der Waals surface area contributed by atoms with Gasteiger partial charge in [0.1, 0.15) is 0 Å². The van der Waals surface area contributed by atoms with Crippen molar-refractivity contribution in [2.45, 2.75) is 31.0 Å². The molecule has 0 aromatic heterocycles. The van der Waals surface area contributed by atoms with Gasteiger partial charge in [-0.2, -0.15) is 13.2 Å². The van der Waals surface area contributed by atoms with E-state index in [2.05, 4.69) is 10.6 Å². The minimum Gasteiger partial charge on any atom is -0.392 e. The van der Waals surface area contributed by atoms with Crippen LogP contribution >= 0.6 is 11.8 Å². The number of alkyl halides is 3. The summed E-state index contributed by atoms with van der Waals surface area (Å²) in [6.45, 7) is -0.387. The summed E-state index contributed by atoms with van der Waals surface area (Å²) in [4.78, 5) is 35.6. The second kappa shape index (κ2) is 8.88. The van der Waals surface area contributed by atoms with Crippen molar-refractivity contribution >= 4 is 28.8 Å². The van der Waals surface area contributed by atoms with Crippen LogP contribution in [0.1, 0.15) is 32.6 Å². The summed E-state index contributed by atoms with van der Waals surface area (Å²) in [7, 11) is 0. The van der Waals surface area contributed by atoms with Gasteiger partial charge in [0, 0.05) is 12.1 Å². The molecule has 1 aliphatic heterocycles. The van der Waals surface area contributed by atoms with E-state index in [0.29, 0.717) is 16.7 Å². The molecule has 2 aromatic carbocycles. The summed E-state index contributed by atoms with van der Waals surface area (Å²) in [5, 5.41) is 13.3. The number of nitrogens with one attached hydrogen (secondary N) is 2. The molecule has 0 bridgehead atoms. The number of hydrogen-bond acceptors (Lipinski definition) is 5. The largest absolute Gasteiger partial charge is 0.416 e. The van der Waals surface area contributed by atoms with Crippen LogP contribution in [0.2, 0.25) is 0 Å². The lowest BCUT2D eigenvalue weighted by molar-refractivity contribution is -0.137. The van der Waals surface area contributed by atoms with Crippen molar-refractivity contribution in [2.75, 3.05) is 0 Å². The van der Waals surface area contributed by atoms with E-state index in [1.165, 1.54) is 18.2 Å². The summed E-state index contributed by atoms with van der Waals surface area (Å²) in [5.74, 6) is -0.912. The third-order valence-electron chi connectivity index (χ3n) is 4.51. The molecule has 1 aliphatic rings. The highest BCUT2D eigenvalue weighted by Gasteiger charge is 2.32. The molecule has 10 heteroatoms. The molecule has 0 saturated carbocycles. The van der Waals surface area contributed by atoms with Crippen molar-refractivity contribution in [2.24, 2.45) is 0 Å². The number of amides is 3. The Kier molecular flexibility index (Phi) is 6.47. The van der Waals surface area contributed by atoms with Gasteiger partial charge < -0.3 is 10.4 Å². The van der Waals surface area contributed by atoms with E-state index in [1.807, 2.05) is 0 Å². The van der Waals surface area contributed by atoms with Crippen LogP contribution in [0.25, 0.3) is 0 Å². The fourth-order valence-electron chi connectivity index (χ4n) is 2.93. The molecule has 1 atom stereocenters. The first kappa shape index (κ1) is 21.8. The first-order valence-corrected chi connectivity index (χ1v) is 9.74. The van der Waals surface area contributed by atoms with Crippen molar-refractivity contribution in [3.8, 4) is 0 Å². The van der Waals surface area contributed by atoms with E-state index in [0.717, 1.165) is 23.9 Å². The molecule has 158 valence electrons. The van der Waals surface area contributed by atoms with Gasteiger partial charge in [-0.15, -0.1) is 0 Å². The molecule has 1 heterocycles. The molecule has 2 aromatic rings. The van der Waals surface area contributed by atoms with Crippen LogP contribution in [-0.2, 0) is 30.5 Å². The highest BCUT2D eigenvalue weighted by atomic mass is 32.2. The number of carbonyl (C=O) groups is 3. The smallest absolute Gasteiger partial charge is 0.392 e.